The Morgan fingerprint density at radius 1 is 1.12 bits per heavy atom. The zero-order valence-electron chi connectivity index (χ0n) is 15.6. The minimum Gasteiger partial charge on any atom is -0.467 e. The Hall–Kier alpha value is -2.61. The first-order valence-corrected chi connectivity index (χ1v) is 8.32. The van der Waals surface area contributed by atoms with Gasteiger partial charge in [-0.2, -0.15) is 0 Å². The molecule has 0 aromatic heterocycles. The second-order valence-electron chi connectivity index (χ2n) is 6.25. The smallest absolute Gasteiger partial charge is 0.330 e. The number of benzene rings is 1. The van der Waals surface area contributed by atoms with Crippen LogP contribution in [0.2, 0.25) is 0 Å². The molecule has 1 aromatic rings. The highest BCUT2D eigenvalue weighted by Crippen LogP contribution is 2.17. The average molecular weight is 363 g/mol. The summed E-state index contributed by atoms with van der Waals surface area (Å²) in [7, 11) is 6.53. The molecule has 1 aliphatic rings. The maximum Gasteiger partial charge on any atom is 0.330 e. The van der Waals surface area contributed by atoms with Gasteiger partial charge in [-0.05, 0) is 24.3 Å². The number of rotatable bonds is 5. The number of anilines is 1. The highest BCUT2D eigenvalue weighted by atomic mass is 16.5. The molecule has 1 saturated heterocycles. The standard InChI is InChI=1S/C18H25N3O5/c1-19(2)14-7-5-13(6-8-14)17(23)20-9-10-21(16(22)12-25-3)15(11-20)18(24)26-4/h5-8,15H,9-12H2,1-4H3/t15-/m1/s1. The van der Waals surface area contributed by atoms with E-state index in [0.717, 1.165) is 5.69 Å². The second kappa shape index (κ2) is 8.66. The summed E-state index contributed by atoms with van der Waals surface area (Å²) in [6.45, 7) is 0.574. The minimum absolute atomic E-state index is 0.0936. The second-order valence-corrected chi connectivity index (χ2v) is 6.25. The predicted octanol–water partition coefficient (Wildman–Crippen LogP) is 0.225. The summed E-state index contributed by atoms with van der Waals surface area (Å²) in [4.78, 5) is 42.0. The van der Waals surface area contributed by atoms with Crippen molar-refractivity contribution in [3.05, 3.63) is 29.8 Å². The van der Waals surface area contributed by atoms with Crippen molar-refractivity contribution in [2.75, 3.05) is 59.5 Å². The number of methoxy groups -OCH3 is 2. The van der Waals surface area contributed by atoms with E-state index in [-0.39, 0.29) is 31.5 Å². The molecule has 26 heavy (non-hydrogen) atoms. The van der Waals surface area contributed by atoms with E-state index in [4.69, 9.17) is 9.47 Å². The summed E-state index contributed by atoms with van der Waals surface area (Å²) >= 11 is 0. The molecule has 1 fully saturated rings. The van der Waals surface area contributed by atoms with E-state index in [9.17, 15) is 14.4 Å². The SMILES string of the molecule is COCC(=O)N1CCN(C(=O)c2ccc(N(C)C)cc2)C[C@@H]1C(=O)OC. The van der Waals surface area contributed by atoms with Crippen molar-refractivity contribution in [3.8, 4) is 0 Å². The summed E-state index contributed by atoms with van der Waals surface area (Å²) < 4.78 is 9.67. The van der Waals surface area contributed by atoms with Gasteiger partial charge in [-0.15, -0.1) is 0 Å². The van der Waals surface area contributed by atoms with Crippen LogP contribution in [-0.2, 0) is 19.1 Å². The topological polar surface area (TPSA) is 79.4 Å². The van der Waals surface area contributed by atoms with Gasteiger partial charge >= 0.3 is 5.97 Å². The van der Waals surface area contributed by atoms with E-state index in [1.165, 1.54) is 19.1 Å². The molecule has 0 spiro atoms. The highest BCUT2D eigenvalue weighted by Gasteiger charge is 2.37. The van der Waals surface area contributed by atoms with Crippen LogP contribution < -0.4 is 4.90 Å². The van der Waals surface area contributed by atoms with E-state index >= 15 is 0 Å². The summed E-state index contributed by atoms with van der Waals surface area (Å²) in [6, 6.07) is 6.41. The molecule has 0 radical (unpaired) electrons. The fourth-order valence-electron chi connectivity index (χ4n) is 2.89. The van der Waals surface area contributed by atoms with E-state index in [1.54, 1.807) is 17.0 Å². The van der Waals surface area contributed by atoms with Crippen LogP contribution in [0.5, 0.6) is 0 Å². The van der Waals surface area contributed by atoms with E-state index in [1.807, 2.05) is 31.1 Å². The third kappa shape index (κ3) is 4.32. The number of esters is 1. The van der Waals surface area contributed by atoms with Gasteiger partial charge in [0.1, 0.15) is 12.6 Å². The lowest BCUT2D eigenvalue weighted by atomic mass is 10.1. The minimum atomic E-state index is -0.832. The third-order valence-corrected chi connectivity index (χ3v) is 4.36. The molecule has 0 bridgehead atoms. The molecule has 8 nitrogen and oxygen atoms in total. The maximum atomic E-state index is 12.8. The number of carbonyl (C=O) groups excluding carboxylic acids is 3. The molecule has 1 aliphatic heterocycles. The van der Waals surface area contributed by atoms with Gasteiger partial charge in [0.2, 0.25) is 5.91 Å². The van der Waals surface area contributed by atoms with Gasteiger partial charge in [-0.25, -0.2) is 4.79 Å². The molecule has 1 aromatic carbocycles. The van der Waals surface area contributed by atoms with Crippen LogP contribution in [0.15, 0.2) is 24.3 Å². The lowest BCUT2D eigenvalue weighted by Crippen LogP contribution is -2.60. The van der Waals surface area contributed by atoms with Crippen molar-refractivity contribution in [2.24, 2.45) is 0 Å². The number of hydrogen-bond donors (Lipinski definition) is 0. The van der Waals surface area contributed by atoms with Crippen LogP contribution in [0.25, 0.3) is 0 Å². The van der Waals surface area contributed by atoms with E-state index in [2.05, 4.69) is 0 Å². The fourth-order valence-corrected chi connectivity index (χ4v) is 2.89. The molecule has 2 rings (SSSR count). The zero-order valence-corrected chi connectivity index (χ0v) is 15.6. The maximum absolute atomic E-state index is 12.8. The van der Waals surface area contributed by atoms with Gasteiger partial charge in [0, 0.05) is 45.5 Å². The van der Waals surface area contributed by atoms with Crippen LogP contribution in [-0.4, -0.2) is 88.2 Å². The van der Waals surface area contributed by atoms with Crippen LogP contribution in [0.4, 0.5) is 5.69 Å². The van der Waals surface area contributed by atoms with Crippen LogP contribution in [0, 0.1) is 0 Å². The van der Waals surface area contributed by atoms with Crippen molar-refractivity contribution >= 4 is 23.5 Å². The molecule has 0 saturated carbocycles. The Kier molecular flexibility index (Phi) is 6.57. The van der Waals surface area contributed by atoms with Gasteiger partial charge in [-0.1, -0.05) is 0 Å². The van der Waals surface area contributed by atoms with Crippen molar-refractivity contribution in [3.63, 3.8) is 0 Å². The number of carbonyl (C=O) groups is 3. The zero-order chi connectivity index (χ0) is 19.3. The Morgan fingerprint density at radius 3 is 2.31 bits per heavy atom. The monoisotopic (exact) mass is 363 g/mol. The molecule has 0 unspecified atom stereocenters. The van der Waals surface area contributed by atoms with E-state index < -0.39 is 12.0 Å². The van der Waals surface area contributed by atoms with Crippen LogP contribution in [0.1, 0.15) is 10.4 Å². The van der Waals surface area contributed by atoms with Gasteiger partial charge in [0.15, 0.2) is 0 Å². The molecule has 0 N–H and O–H groups in total. The lowest BCUT2D eigenvalue weighted by Gasteiger charge is -2.39. The third-order valence-electron chi connectivity index (χ3n) is 4.36. The Morgan fingerprint density at radius 2 is 1.77 bits per heavy atom. The van der Waals surface area contributed by atoms with Gasteiger partial charge in [0.05, 0.1) is 13.7 Å². The van der Waals surface area contributed by atoms with Crippen molar-refractivity contribution in [1.29, 1.82) is 0 Å². The summed E-state index contributed by atoms with van der Waals surface area (Å²) in [5.41, 5.74) is 1.53. The first-order chi connectivity index (χ1) is 12.4. The number of ether oxygens (including phenoxy) is 2. The van der Waals surface area contributed by atoms with Crippen molar-refractivity contribution in [1.82, 2.24) is 9.80 Å². The summed E-state index contributed by atoms with van der Waals surface area (Å²) in [6.07, 6.45) is 0. The average Bonchev–Trinajstić information content (AvgIpc) is 2.66. The summed E-state index contributed by atoms with van der Waals surface area (Å²) in [5, 5.41) is 0. The lowest BCUT2D eigenvalue weighted by molar-refractivity contribution is -0.157. The van der Waals surface area contributed by atoms with Crippen molar-refractivity contribution < 1.29 is 23.9 Å². The molecule has 142 valence electrons. The normalized spacial score (nSPS) is 17.0. The van der Waals surface area contributed by atoms with Crippen molar-refractivity contribution in [2.45, 2.75) is 6.04 Å². The Balaban J connectivity index is 2.14. The van der Waals surface area contributed by atoms with Crippen LogP contribution in [0.3, 0.4) is 0 Å². The first kappa shape index (κ1) is 19.7. The molecule has 1 heterocycles. The number of piperazine rings is 1. The number of hydrogen-bond acceptors (Lipinski definition) is 6. The number of nitrogens with zero attached hydrogens (tertiary/aromatic N) is 3. The predicted molar refractivity (Wildman–Crippen MR) is 96.1 cm³/mol. The Bertz CT molecular complexity index is 659. The number of amides is 2. The first-order valence-electron chi connectivity index (χ1n) is 8.32. The van der Waals surface area contributed by atoms with Crippen LogP contribution >= 0.6 is 0 Å². The van der Waals surface area contributed by atoms with Gasteiger partial charge in [0.25, 0.3) is 5.91 Å². The molecule has 2 amide bonds. The quantitative estimate of drug-likeness (QED) is 0.697. The van der Waals surface area contributed by atoms with E-state index in [0.29, 0.717) is 12.1 Å². The summed E-state index contributed by atoms with van der Waals surface area (Å²) in [5.74, 6) is -1.02. The van der Waals surface area contributed by atoms with Gasteiger partial charge in [-0.3, -0.25) is 9.59 Å². The fraction of sp³-hybridized carbons (Fsp3) is 0.500. The Labute approximate surface area is 153 Å². The highest BCUT2D eigenvalue weighted by molar-refractivity contribution is 5.95. The largest absolute Gasteiger partial charge is 0.467 e. The molecule has 0 aliphatic carbocycles. The molecular formula is C18H25N3O5. The van der Waals surface area contributed by atoms with Gasteiger partial charge < -0.3 is 24.2 Å². The molecular weight excluding hydrogens is 338 g/mol. The molecule has 8 heteroatoms. The molecule has 1 atom stereocenters.